The molecule has 0 N–H and O–H groups in total. The minimum Gasteiger partial charge on any atom is -0.265 e. The van der Waals surface area contributed by atoms with Gasteiger partial charge in [0, 0.05) is 27.1 Å². The summed E-state index contributed by atoms with van der Waals surface area (Å²) in [7, 11) is 0. The summed E-state index contributed by atoms with van der Waals surface area (Å²) in [5.74, 6) is 6.19. The lowest BCUT2D eigenvalue weighted by molar-refractivity contribution is 1.32. The number of benzene rings is 1. The molecule has 72 valence electrons. The van der Waals surface area contributed by atoms with E-state index in [1.54, 1.807) is 12.4 Å². The van der Waals surface area contributed by atoms with E-state index in [0.717, 1.165) is 11.1 Å². The molecule has 0 aliphatic rings. The molecule has 15 heavy (non-hydrogen) atoms. The number of pyridine rings is 1. The van der Waals surface area contributed by atoms with E-state index in [9.17, 15) is 0 Å². The van der Waals surface area contributed by atoms with Crippen molar-refractivity contribution in [1.82, 2.24) is 4.98 Å². The summed E-state index contributed by atoms with van der Waals surface area (Å²) in [5, 5.41) is 0. The highest BCUT2D eigenvalue weighted by Crippen LogP contribution is 2.05. The van der Waals surface area contributed by atoms with Gasteiger partial charge in [-0.25, -0.2) is 0 Å². The zero-order chi connectivity index (χ0) is 10.5. The highest BCUT2D eigenvalue weighted by Gasteiger charge is 1.87. The van der Waals surface area contributed by atoms with Crippen molar-refractivity contribution in [2.24, 2.45) is 0 Å². The molecule has 2 rings (SSSR count). The average molecular weight is 305 g/mol. The predicted octanol–water partition coefficient (Wildman–Crippen LogP) is 3.09. The smallest absolute Gasteiger partial charge is 0.0280 e. The van der Waals surface area contributed by atoms with Crippen LogP contribution in [0.2, 0.25) is 0 Å². The molecule has 2 heteroatoms. The SMILES string of the molecule is Ic1ccc(C#Cc2ccncc2)cc1. The molecule has 0 aliphatic carbocycles. The van der Waals surface area contributed by atoms with Crippen LogP contribution in [0.1, 0.15) is 11.1 Å². The van der Waals surface area contributed by atoms with E-state index in [1.807, 2.05) is 24.3 Å². The van der Waals surface area contributed by atoms with Crippen LogP contribution >= 0.6 is 22.6 Å². The molecular weight excluding hydrogens is 297 g/mol. The van der Waals surface area contributed by atoms with Crippen LogP contribution in [-0.4, -0.2) is 4.98 Å². The van der Waals surface area contributed by atoms with Crippen molar-refractivity contribution in [3.05, 3.63) is 63.5 Å². The molecule has 0 bridgehead atoms. The van der Waals surface area contributed by atoms with Crippen molar-refractivity contribution in [3.63, 3.8) is 0 Å². The van der Waals surface area contributed by atoms with Crippen molar-refractivity contribution in [3.8, 4) is 11.8 Å². The van der Waals surface area contributed by atoms with E-state index < -0.39 is 0 Å². The van der Waals surface area contributed by atoms with Gasteiger partial charge < -0.3 is 0 Å². The van der Waals surface area contributed by atoms with Gasteiger partial charge in [-0.2, -0.15) is 0 Å². The van der Waals surface area contributed by atoms with Crippen molar-refractivity contribution < 1.29 is 0 Å². The summed E-state index contributed by atoms with van der Waals surface area (Å²) >= 11 is 2.28. The van der Waals surface area contributed by atoms with Gasteiger partial charge in [-0.05, 0) is 59.0 Å². The van der Waals surface area contributed by atoms with Gasteiger partial charge in [0.05, 0.1) is 0 Å². The fourth-order valence-corrected chi connectivity index (χ4v) is 1.47. The Kier molecular flexibility index (Phi) is 3.36. The van der Waals surface area contributed by atoms with Gasteiger partial charge in [-0.15, -0.1) is 0 Å². The van der Waals surface area contributed by atoms with E-state index in [2.05, 4.69) is 51.5 Å². The van der Waals surface area contributed by atoms with Crippen molar-refractivity contribution in [2.45, 2.75) is 0 Å². The monoisotopic (exact) mass is 305 g/mol. The molecule has 0 fully saturated rings. The Labute approximate surface area is 103 Å². The normalized spacial score (nSPS) is 9.13. The summed E-state index contributed by atoms with van der Waals surface area (Å²) < 4.78 is 1.22. The molecule has 2 aromatic rings. The molecule has 0 aliphatic heterocycles. The van der Waals surface area contributed by atoms with Crippen LogP contribution < -0.4 is 0 Å². The summed E-state index contributed by atoms with van der Waals surface area (Å²) in [6.45, 7) is 0. The molecular formula is C13H8IN. The number of halogens is 1. The third kappa shape index (κ3) is 3.07. The van der Waals surface area contributed by atoms with Gasteiger partial charge in [0.1, 0.15) is 0 Å². The first-order valence-electron chi connectivity index (χ1n) is 4.52. The Morgan fingerprint density at radius 3 is 1.93 bits per heavy atom. The summed E-state index contributed by atoms with van der Waals surface area (Å²) in [6.07, 6.45) is 3.50. The van der Waals surface area contributed by atoms with E-state index in [0.29, 0.717) is 0 Å². The molecule has 1 heterocycles. The predicted molar refractivity (Wildman–Crippen MR) is 69.4 cm³/mol. The van der Waals surface area contributed by atoms with Gasteiger partial charge >= 0.3 is 0 Å². The minimum atomic E-state index is 0.989. The fourth-order valence-electron chi connectivity index (χ4n) is 1.11. The molecule has 0 spiro atoms. The van der Waals surface area contributed by atoms with Gasteiger partial charge in [-0.1, -0.05) is 11.8 Å². The lowest BCUT2D eigenvalue weighted by atomic mass is 10.2. The lowest BCUT2D eigenvalue weighted by Crippen LogP contribution is -1.77. The topological polar surface area (TPSA) is 12.9 Å². The molecule has 0 amide bonds. The molecule has 1 aromatic carbocycles. The number of hydrogen-bond donors (Lipinski definition) is 0. The average Bonchev–Trinajstić information content (AvgIpc) is 2.30. The number of rotatable bonds is 0. The molecule has 1 nitrogen and oxygen atoms in total. The third-order valence-corrected chi connectivity index (χ3v) is 2.59. The fraction of sp³-hybridized carbons (Fsp3) is 0. The quantitative estimate of drug-likeness (QED) is 0.538. The van der Waals surface area contributed by atoms with Crippen molar-refractivity contribution in [1.29, 1.82) is 0 Å². The molecule has 0 atom stereocenters. The largest absolute Gasteiger partial charge is 0.265 e. The summed E-state index contributed by atoms with van der Waals surface area (Å²) in [6, 6.07) is 12.0. The van der Waals surface area contributed by atoms with E-state index in [-0.39, 0.29) is 0 Å². The third-order valence-electron chi connectivity index (χ3n) is 1.88. The Balaban J connectivity index is 2.22. The molecule has 0 saturated carbocycles. The summed E-state index contributed by atoms with van der Waals surface area (Å²) in [5.41, 5.74) is 2.02. The molecule has 1 aromatic heterocycles. The maximum absolute atomic E-state index is 3.94. The maximum Gasteiger partial charge on any atom is 0.0280 e. The second-order valence-corrected chi connectivity index (χ2v) is 4.24. The van der Waals surface area contributed by atoms with Crippen LogP contribution in [0.5, 0.6) is 0 Å². The maximum atomic E-state index is 3.94. The summed E-state index contributed by atoms with van der Waals surface area (Å²) in [4.78, 5) is 3.94. The Morgan fingerprint density at radius 1 is 0.800 bits per heavy atom. The van der Waals surface area contributed by atoms with Crippen LogP contribution in [0.15, 0.2) is 48.8 Å². The van der Waals surface area contributed by atoms with Gasteiger partial charge in [-0.3, -0.25) is 4.98 Å². The van der Waals surface area contributed by atoms with E-state index >= 15 is 0 Å². The van der Waals surface area contributed by atoms with Gasteiger partial charge in [0.2, 0.25) is 0 Å². The lowest BCUT2D eigenvalue weighted by Gasteiger charge is -1.90. The number of hydrogen-bond acceptors (Lipinski definition) is 1. The van der Waals surface area contributed by atoms with Crippen LogP contribution in [0.25, 0.3) is 0 Å². The Morgan fingerprint density at radius 2 is 1.33 bits per heavy atom. The Hall–Kier alpha value is -1.34. The van der Waals surface area contributed by atoms with E-state index in [1.165, 1.54) is 3.57 Å². The highest BCUT2D eigenvalue weighted by atomic mass is 127. The standard InChI is InChI=1S/C13H8IN/c14-13-5-3-11(4-6-13)1-2-12-7-9-15-10-8-12/h3-10H. The van der Waals surface area contributed by atoms with E-state index in [4.69, 9.17) is 0 Å². The molecule has 0 saturated heterocycles. The Bertz CT molecular complexity index is 492. The first-order valence-corrected chi connectivity index (χ1v) is 5.60. The highest BCUT2D eigenvalue weighted by molar-refractivity contribution is 14.1. The van der Waals surface area contributed by atoms with Crippen LogP contribution in [0, 0.1) is 15.4 Å². The van der Waals surface area contributed by atoms with Crippen molar-refractivity contribution in [2.75, 3.05) is 0 Å². The minimum absolute atomic E-state index is 0.989. The van der Waals surface area contributed by atoms with Crippen LogP contribution in [-0.2, 0) is 0 Å². The first kappa shape index (κ1) is 10.2. The first-order chi connectivity index (χ1) is 7.34. The zero-order valence-corrected chi connectivity index (χ0v) is 10.1. The second-order valence-electron chi connectivity index (χ2n) is 2.99. The van der Waals surface area contributed by atoms with Crippen LogP contribution in [0.3, 0.4) is 0 Å². The number of aromatic nitrogens is 1. The van der Waals surface area contributed by atoms with Gasteiger partial charge in [0.15, 0.2) is 0 Å². The number of nitrogens with zero attached hydrogens (tertiary/aromatic N) is 1. The molecule has 0 unspecified atom stereocenters. The second kappa shape index (κ2) is 4.94. The zero-order valence-electron chi connectivity index (χ0n) is 7.94. The van der Waals surface area contributed by atoms with Crippen LogP contribution in [0.4, 0.5) is 0 Å². The van der Waals surface area contributed by atoms with Crippen molar-refractivity contribution >= 4 is 22.6 Å². The van der Waals surface area contributed by atoms with Gasteiger partial charge in [0.25, 0.3) is 0 Å². The molecule has 0 radical (unpaired) electrons.